The Morgan fingerprint density at radius 2 is 2.14 bits per heavy atom. The van der Waals surface area contributed by atoms with Crippen LogP contribution in [0.25, 0.3) is 0 Å². The molecular formula is C13H10ClF3N2O2S. The van der Waals surface area contributed by atoms with E-state index in [2.05, 4.69) is 10.5 Å². The molecule has 2 rings (SSSR count). The Kier molecular flexibility index (Phi) is 5.02. The van der Waals surface area contributed by atoms with E-state index < -0.39 is 17.6 Å². The van der Waals surface area contributed by atoms with Gasteiger partial charge in [0.2, 0.25) is 5.91 Å². The normalized spacial score (nSPS) is 11.5. The van der Waals surface area contributed by atoms with Crippen molar-refractivity contribution in [3.63, 3.8) is 0 Å². The van der Waals surface area contributed by atoms with Gasteiger partial charge in [-0.2, -0.15) is 13.2 Å². The van der Waals surface area contributed by atoms with Gasteiger partial charge in [-0.1, -0.05) is 16.8 Å². The van der Waals surface area contributed by atoms with Crippen molar-refractivity contribution in [3.05, 3.63) is 40.6 Å². The van der Waals surface area contributed by atoms with Gasteiger partial charge >= 0.3 is 6.18 Å². The second kappa shape index (κ2) is 6.62. The lowest BCUT2D eigenvalue weighted by molar-refractivity contribution is -0.137. The highest BCUT2D eigenvalue weighted by Gasteiger charge is 2.33. The Balaban J connectivity index is 1.98. The molecule has 0 unspecified atom stereocenters. The molecule has 0 spiro atoms. The third kappa shape index (κ3) is 4.41. The smallest absolute Gasteiger partial charge is 0.360 e. The summed E-state index contributed by atoms with van der Waals surface area (Å²) in [6.07, 6.45) is -4.53. The molecule has 0 aliphatic carbocycles. The molecule has 2 aromatic rings. The molecule has 4 nitrogen and oxygen atoms in total. The summed E-state index contributed by atoms with van der Waals surface area (Å²) in [5, 5.41) is 5.69. The van der Waals surface area contributed by atoms with Crippen LogP contribution in [0.3, 0.4) is 0 Å². The standard InChI is InChI=1S/C13H10ClF3N2O2S/c1-7-4-11(19-21-7)18-12(20)6-22-8-2-3-10(14)9(5-8)13(15,16)17/h2-5H,6H2,1H3,(H,18,19,20). The van der Waals surface area contributed by atoms with E-state index in [9.17, 15) is 18.0 Å². The van der Waals surface area contributed by atoms with Crippen molar-refractivity contribution >= 4 is 35.1 Å². The van der Waals surface area contributed by atoms with Crippen LogP contribution in [0.1, 0.15) is 11.3 Å². The minimum atomic E-state index is -4.53. The van der Waals surface area contributed by atoms with Gasteiger partial charge in [-0.25, -0.2) is 0 Å². The topological polar surface area (TPSA) is 55.1 Å². The summed E-state index contributed by atoms with van der Waals surface area (Å²) >= 11 is 6.49. The number of anilines is 1. The van der Waals surface area contributed by atoms with Crippen molar-refractivity contribution in [2.75, 3.05) is 11.1 Å². The Morgan fingerprint density at radius 3 is 2.73 bits per heavy atom. The van der Waals surface area contributed by atoms with E-state index in [4.69, 9.17) is 16.1 Å². The van der Waals surface area contributed by atoms with Crippen LogP contribution in [-0.2, 0) is 11.0 Å². The molecule has 1 heterocycles. The number of aryl methyl sites for hydroxylation is 1. The number of alkyl halides is 3. The van der Waals surface area contributed by atoms with Crippen molar-refractivity contribution < 1.29 is 22.5 Å². The first-order valence-corrected chi connectivity index (χ1v) is 7.35. The van der Waals surface area contributed by atoms with E-state index in [1.807, 2.05) is 0 Å². The van der Waals surface area contributed by atoms with Crippen molar-refractivity contribution in [1.29, 1.82) is 0 Å². The number of carbonyl (C=O) groups excluding carboxylic acids is 1. The maximum Gasteiger partial charge on any atom is 0.417 e. The molecule has 0 saturated heterocycles. The number of amides is 1. The number of nitrogens with zero attached hydrogens (tertiary/aromatic N) is 1. The fourth-order valence-corrected chi connectivity index (χ4v) is 2.52. The summed E-state index contributed by atoms with van der Waals surface area (Å²) in [6, 6.07) is 5.04. The van der Waals surface area contributed by atoms with E-state index in [-0.39, 0.29) is 16.6 Å². The monoisotopic (exact) mass is 350 g/mol. The summed E-state index contributed by atoms with van der Waals surface area (Å²) in [4.78, 5) is 12.0. The van der Waals surface area contributed by atoms with E-state index in [1.165, 1.54) is 12.1 Å². The number of hydrogen-bond donors (Lipinski definition) is 1. The Morgan fingerprint density at radius 1 is 1.41 bits per heavy atom. The van der Waals surface area contributed by atoms with Crippen LogP contribution in [0.2, 0.25) is 5.02 Å². The SMILES string of the molecule is Cc1cc(NC(=O)CSc2ccc(Cl)c(C(F)(F)F)c2)no1. The molecule has 22 heavy (non-hydrogen) atoms. The molecule has 1 aromatic heterocycles. The van der Waals surface area contributed by atoms with Crippen LogP contribution >= 0.6 is 23.4 Å². The summed E-state index contributed by atoms with van der Waals surface area (Å²) in [7, 11) is 0. The van der Waals surface area contributed by atoms with Crippen LogP contribution in [0.4, 0.5) is 19.0 Å². The van der Waals surface area contributed by atoms with Crippen LogP contribution in [-0.4, -0.2) is 16.8 Å². The molecule has 0 aliphatic rings. The predicted molar refractivity (Wildman–Crippen MR) is 77.0 cm³/mol. The molecule has 1 amide bonds. The Labute approximate surface area is 133 Å². The Hall–Kier alpha value is -1.67. The number of nitrogens with one attached hydrogen (secondary N) is 1. The quantitative estimate of drug-likeness (QED) is 0.831. The minimum absolute atomic E-state index is 0.0646. The van der Waals surface area contributed by atoms with Gasteiger partial charge in [0.1, 0.15) is 5.76 Å². The van der Waals surface area contributed by atoms with Crippen molar-refractivity contribution in [3.8, 4) is 0 Å². The number of hydrogen-bond acceptors (Lipinski definition) is 4. The van der Waals surface area contributed by atoms with Crippen LogP contribution in [0.5, 0.6) is 0 Å². The molecule has 0 fully saturated rings. The molecule has 0 bridgehead atoms. The fourth-order valence-electron chi connectivity index (χ4n) is 1.56. The molecule has 1 N–H and O–H groups in total. The lowest BCUT2D eigenvalue weighted by atomic mass is 10.2. The number of halogens is 4. The van der Waals surface area contributed by atoms with E-state index in [1.54, 1.807) is 6.92 Å². The first-order chi connectivity index (χ1) is 10.3. The molecule has 0 radical (unpaired) electrons. The molecule has 0 aliphatic heterocycles. The first kappa shape index (κ1) is 16.7. The highest BCUT2D eigenvalue weighted by atomic mass is 35.5. The first-order valence-electron chi connectivity index (χ1n) is 5.98. The summed E-state index contributed by atoms with van der Waals surface area (Å²) in [5.41, 5.74) is -0.924. The zero-order valence-corrected chi connectivity index (χ0v) is 12.8. The van der Waals surface area contributed by atoms with Gasteiger partial charge in [0.25, 0.3) is 0 Å². The zero-order valence-electron chi connectivity index (χ0n) is 11.2. The molecule has 0 saturated carbocycles. The van der Waals surface area contributed by atoms with E-state index in [0.29, 0.717) is 10.7 Å². The average molecular weight is 351 g/mol. The largest absolute Gasteiger partial charge is 0.417 e. The maximum absolute atomic E-state index is 12.7. The third-order valence-electron chi connectivity index (χ3n) is 2.51. The molecule has 118 valence electrons. The molecular weight excluding hydrogens is 341 g/mol. The van der Waals surface area contributed by atoms with Crippen molar-refractivity contribution in [2.45, 2.75) is 18.0 Å². The third-order valence-corrected chi connectivity index (χ3v) is 3.83. The molecule has 9 heteroatoms. The second-order valence-corrected chi connectivity index (χ2v) is 5.76. The average Bonchev–Trinajstić information content (AvgIpc) is 2.82. The van der Waals surface area contributed by atoms with Gasteiger partial charge in [-0.05, 0) is 25.1 Å². The number of carbonyl (C=O) groups is 1. The van der Waals surface area contributed by atoms with Gasteiger partial charge < -0.3 is 9.84 Å². The van der Waals surface area contributed by atoms with Gasteiger partial charge in [-0.3, -0.25) is 4.79 Å². The lowest BCUT2D eigenvalue weighted by Crippen LogP contribution is -2.14. The second-order valence-electron chi connectivity index (χ2n) is 4.30. The molecule has 0 atom stereocenters. The van der Waals surface area contributed by atoms with Crippen LogP contribution in [0, 0.1) is 6.92 Å². The molecule has 1 aromatic carbocycles. The highest BCUT2D eigenvalue weighted by Crippen LogP contribution is 2.36. The van der Waals surface area contributed by atoms with Gasteiger partial charge in [0.05, 0.1) is 16.3 Å². The highest BCUT2D eigenvalue weighted by molar-refractivity contribution is 8.00. The predicted octanol–water partition coefficient (Wildman–Crippen LogP) is 4.39. The summed E-state index contributed by atoms with van der Waals surface area (Å²) in [5.74, 6) is 0.331. The summed E-state index contributed by atoms with van der Waals surface area (Å²) < 4.78 is 43.0. The van der Waals surface area contributed by atoms with E-state index in [0.717, 1.165) is 23.9 Å². The lowest BCUT2D eigenvalue weighted by Gasteiger charge is -2.10. The number of aromatic nitrogens is 1. The van der Waals surface area contributed by atoms with Crippen molar-refractivity contribution in [1.82, 2.24) is 5.16 Å². The van der Waals surface area contributed by atoms with Gasteiger partial charge in [0.15, 0.2) is 5.82 Å². The number of rotatable bonds is 4. The maximum atomic E-state index is 12.7. The van der Waals surface area contributed by atoms with Crippen LogP contribution < -0.4 is 5.32 Å². The number of benzene rings is 1. The van der Waals surface area contributed by atoms with Crippen molar-refractivity contribution in [2.24, 2.45) is 0 Å². The summed E-state index contributed by atoms with van der Waals surface area (Å²) in [6.45, 7) is 1.67. The fraction of sp³-hybridized carbons (Fsp3) is 0.231. The van der Waals surface area contributed by atoms with Gasteiger partial charge in [-0.15, -0.1) is 11.8 Å². The zero-order chi connectivity index (χ0) is 16.3. The van der Waals surface area contributed by atoms with E-state index >= 15 is 0 Å². The Bertz CT molecular complexity index is 688. The van der Waals surface area contributed by atoms with Gasteiger partial charge in [0, 0.05) is 11.0 Å². The number of thioether (sulfide) groups is 1. The van der Waals surface area contributed by atoms with Crippen LogP contribution in [0.15, 0.2) is 33.7 Å². The minimum Gasteiger partial charge on any atom is -0.360 e.